The summed E-state index contributed by atoms with van der Waals surface area (Å²) in [7, 11) is 0. The lowest BCUT2D eigenvalue weighted by Crippen LogP contribution is -2.41. The largest absolute Gasteiger partial charge is 0.455 e. The summed E-state index contributed by atoms with van der Waals surface area (Å²) in [5.74, 6) is -1.21. The van der Waals surface area contributed by atoms with Crippen molar-refractivity contribution in [3.63, 3.8) is 0 Å². The van der Waals surface area contributed by atoms with Crippen LogP contribution < -0.4 is 10.6 Å². The van der Waals surface area contributed by atoms with Gasteiger partial charge in [-0.2, -0.15) is 0 Å². The quantitative estimate of drug-likeness (QED) is 0.568. The van der Waals surface area contributed by atoms with Crippen LogP contribution in [0.4, 0.5) is 5.69 Å². The number of esters is 1. The Hall–Kier alpha value is -3.68. The minimum Gasteiger partial charge on any atom is -0.455 e. The number of likely N-dealkylation sites (tertiary alicyclic amines) is 1. The van der Waals surface area contributed by atoms with Crippen LogP contribution in [0.5, 0.6) is 0 Å². The first-order chi connectivity index (χ1) is 16.9. The summed E-state index contributed by atoms with van der Waals surface area (Å²) in [5.41, 5.74) is 1.64. The monoisotopic (exact) mass is 477 g/mol. The summed E-state index contributed by atoms with van der Waals surface area (Å²) in [6.07, 6.45) is 3.02. The summed E-state index contributed by atoms with van der Waals surface area (Å²) in [5, 5.41) is 5.61. The number of hydrogen-bond donors (Lipinski definition) is 2. The molecule has 2 aromatic rings. The lowest BCUT2D eigenvalue weighted by atomic mass is 9.97. The molecule has 1 saturated carbocycles. The summed E-state index contributed by atoms with van der Waals surface area (Å²) >= 11 is 0. The Balaban J connectivity index is 1.26. The lowest BCUT2D eigenvalue weighted by molar-refractivity contribution is -0.154. The third-order valence-corrected chi connectivity index (χ3v) is 6.51. The highest BCUT2D eigenvalue weighted by Gasteiger charge is 2.36. The number of nitrogens with zero attached hydrogens (tertiary/aromatic N) is 1. The zero-order valence-corrected chi connectivity index (χ0v) is 19.9. The summed E-state index contributed by atoms with van der Waals surface area (Å²) in [4.78, 5) is 51.7. The van der Waals surface area contributed by atoms with Crippen LogP contribution in [-0.2, 0) is 19.1 Å². The highest BCUT2D eigenvalue weighted by Crippen LogP contribution is 2.32. The van der Waals surface area contributed by atoms with Crippen LogP contribution in [0, 0.1) is 11.8 Å². The van der Waals surface area contributed by atoms with Gasteiger partial charge in [-0.05, 0) is 50.3 Å². The first-order valence-corrected chi connectivity index (χ1v) is 12.1. The summed E-state index contributed by atoms with van der Waals surface area (Å²) < 4.78 is 5.24. The van der Waals surface area contributed by atoms with E-state index in [2.05, 4.69) is 10.6 Å². The number of rotatable bonds is 8. The van der Waals surface area contributed by atoms with Gasteiger partial charge in [-0.1, -0.05) is 42.5 Å². The molecule has 1 atom stereocenters. The second-order valence-corrected chi connectivity index (χ2v) is 9.18. The molecule has 1 unspecified atom stereocenters. The third-order valence-electron chi connectivity index (χ3n) is 6.51. The maximum atomic E-state index is 12.8. The zero-order chi connectivity index (χ0) is 24.8. The maximum absolute atomic E-state index is 12.8. The average Bonchev–Trinajstić information content (AvgIpc) is 3.73. The van der Waals surface area contributed by atoms with Crippen LogP contribution in [0.2, 0.25) is 0 Å². The van der Waals surface area contributed by atoms with E-state index in [4.69, 9.17) is 4.74 Å². The van der Waals surface area contributed by atoms with Crippen molar-refractivity contribution >= 4 is 29.4 Å². The number of piperidine rings is 1. The minimum atomic E-state index is -0.518. The molecule has 8 nitrogen and oxygen atoms in total. The topological polar surface area (TPSA) is 105 Å². The van der Waals surface area contributed by atoms with E-state index in [1.165, 1.54) is 0 Å². The Morgan fingerprint density at radius 2 is 1.57 bits per heavy atom. The Kier molecular flexibility index (Phi) is 7.80. The molecule has 2 aromatic carbocycles. The number of carbonyl (C=O) groups excluding carboxylic acids is 4. The number of anilines is 1. The Morgan fingerprint density at radius 3 is 2.26 bits per heavy atom. The van der Waals surface area contributed by atoms with E-state index in [9.17, 15) is 19.2 Å². The van der Waals surface area contributed by atoms with Crippen LogP contribution in [0.15, 0.2) is 54.6 Å². The van der Waals surface area contributed by atoms with Crippen molar-refractivity contribution in [1.29, 1.82) is 0 Å². The molecule has 3 amide bonds. The van der Waals surface area contributed by atoms with Gasteiger partial charge in [0.15, 0.2) is 6.61 Å². The van der Waals surface area contributed by atoms with Crippen LogP contribution in [0.25, 0.3) is 0 Å². The smallest absolute Gasteiger partial charge is 0.309 e. The van der Waals surface area contributed by atoms with Gasteiger partial charge < -0.3 is 20.3 Å². The zero-order valence-electron chi connectivity index (χ0n) is 19.9. The van der Waals surface area contributed by atoms with E-state index in [-0.39, 0.29) is 29.7 Å². The van der Waals surface area contributed by atoms with Gasteiger partial charge in [0.25, 0.3) is 11.8 Å². The molecule has 2 N–H and O–H groups in total. The molecule has 8 heteroatoms. The Labute approximate surface area is 205 Å². The predicted molar refractivity (Wildman–Crippen MR) is 130 cm³/mol. The number of carbonyl (C=O) groups is 4. The van der Waals surface area contributed by atoms with E-state index in [0.717, 1.165) is 18.4 Å². The molecule has 1 aliphatic carbocycles. The van der Waals surface area contributed by atoms with Crippen LogP contribution >= 0.6 is 0 Å². The molecule has 35 heavy (non-hydrogen) atoms. The predicted octanol–water partition coefficient (Wildman–Crippen LogP) is 3.31. The summed E-state index contributed by atoms with van der Waals surface area (Å²) in [6.45, 7) is 2.55. The molecule has 1 aliphatic heterocycles. The fourth-order valence-corrected chi connectivity index (χ4v) is 4.25. The molecule has 0 radical (unpaired) electrons. The molecule has 0 spiro atoms. The highest BCUT2D eigenvalue weighted by molar-refractivity contribution is 6.04. The summed E-state index contributed by atoms with van der Waals surface area (Å²) in [6, 6.07) is 16.1. The number of benzene rings is 2. The van der Waals surface area contributed by atoms with Gasteiger partial charge in [0, 0.05) is 19.0 Å². The average molecular weight is 478 g/mol. The first-order valence-electron chi connectivity index (χ1n) is 12.1. The van der Waals surface area contributed by atoms with Crippen molar-refractivity contribution in [2.24, 2.45) is 11.8 Å². The third kappa shape index (κ3) is 6.47. The SMILES string of the molecule is CC(NC(=O)c1ccccc1NC(=O)COC(=O)C1CCN(C(=O)C2CC2)CC1)c1ccccc1. The second kappa shape index (κ2) is 11.2. The van der Waals surface area contributed by atoms with Crippen molar-refractivity contribution < 1.29 is 23.9 Å². The van der Waals surface area contributed by atoms with E-state index < -0.39 is 18.5 Å². The molecular formula is C27H31N3O5. The molecule has 0 aromatic heterocycles. The Morgan fingerprint density at radius 1 is 0.914 bits per heavy atom. The molecule has 1 saturated heterocycles. The number of amides is 3. The number of para-hydroxylation sites is 1. The standard InChI is InChI=1S/C27H31N3O5/c1-18(19-7-3-2-4-8-19)28-25(32)22-9-5-6-10-23(22)29-24(31)17-35-27(34)21-13-15-30(16-14-21)26(33)20-11-12-20/h2-10,18,20-21H,11-17H2,1H3,(H,28,32)(H,29,31). The fourth-order valence-electron chi connectivity index (χ4n) is 4.25. The molecule has 1 heterocycles. The van der Waals surface area contributed by atoms with Crippen LogP contribution in [-0.4, -0.2) is 48.3 Å². The van der Waals surface area contributed by atoms with Gasteiger partial charge in [-0.3, -0.25) is 19.2 Å². The highest BCUT2D eigenvalue weighted by atomic mass is 16.5. The lowest BCUT2D eigenvalue weighted by Gasteiger charge is -2.31. The van der Waals surface area contributed by atoms with E-state index in [1.807, 2.05) is 42.2 Å². The number of hydrogen-bond acceptors (Lipinski definition) is 5. The number of nitrogens with one attached hydrogen (secondary N) is 2. The Bertz CT molecular complexity index is 1080. The first kappa shape index (κ1) is 24.4. The maximum Gasteiger partial charge on any atom is 0.309 e. The van der Waals surface area contributed by atoms with Crippen molar-refractivity contribution in [2.45, 2.75) is 38.6 Å². The van der Waals surface area contributed by atoms with E-state index in [0.29, 0.717) is 37.2 Å². The van der Waals surface area contributed by atoms with Gasteiger partial charge >= 0.3 is 5.97 Å². The molecule has 2 fully saturated rings. The van der Waals surface area contributed by atoms with Crippen molar-refractivity contribution in [2.75, 3.05) is 25.0 Å². The fraction of sp³-hybridized carbons (Fsp3) is 0.407. The molecule has 2 aliphatic rings. The molecule has 0 bridgehead atoms. The van der Waals surface area contributed by atoms with Crippen LogP contribution in [0.1, 0.15) is 54.6 Å². The molecular weight excluding hydrogens is 446 g/mol. The number of ether oxygens (including phenoxy) is 1. The second-order valence-electron chi connectivity index (χ2n) is 9.18. The van der Waals surface area contributed by atoms with Crippen molar-refractivity contribution in [3.05, 3.63) is 65.7 Å². The van der Waals surface area contributed by atoms with Crippen molar-refractivity contribution in [3.8, 4) is 0 Å². The van der Waals surface area contributed by atoms with E-state index >= 15 is 0 Å². The van der Waals surface area contributed by atoms with Gasteiger partial charge in [0.1, 0.15) is 0 Å². The normalized spacial score (nSPS) is 16.8. The van der Waals surface area contributed by atoms with Gasteiger partial charge in [0.2, 0.25) is 5.91 Å². The minimum absolute atomic E-state index is 0.175. The van der Waals surface area contributed by atoms with Gasteiger partial charge in [-0.25, -0.2) is 0 Å². The van der Waals surface area contributed by atoms with Gasteiger partial charge in [-0.15, -0.1) is 0 Å². The molecule has 4 rings (SSSR count). The van der Waals surface area contributed by atoms with E-state index in [1.54, 1.807) is 24.3 Å². The van der Waals surface area contributed by atoms with Gasteiger partial charge in [0.05, 0.1) is 23.2 Å². The van der Waals surface area contributed by atoms with Crippen LogP contribution in [0.3, 0.4) is 0 Å². The molecule has 184 valence electrons. The van der Waals surface area contributed by atoms with Crippen molar-refractivity contribution in [1.82, 2.24) is 10.2 Å².